The highest BCUT2D eigenvalue weighted by atomic mass is 32.1. The molecule has 0 bridgehead atoms. The van der Waals surface area contributed by atoms with Crippen molar-refractivity contribution in [3.05, 3.63) is 22.4 Å². The van der Waals surface area contributed by atoms with E-state index in [9.17, 15) is 0 Å². The zero-order chi connectivity index (χ0) is 10.7. The second-order valence-electron chi connectivity index (χ2n) is 4.28. The van der Waals surface area contributed by atoms with Gasteiger partial charge in [-0.05, 0) is 36.6 Å². The van der Waals surface area contributed by atoms with E-state index in [-0.39, 0.29) is 12.1 Å². The minimum atomic E-state index is 0.107. The van der Waals surface area contributed by atoms with Crippen LogP contribution in [0.2, 0.25) is 0 Å². The zero-order valence-electron chi connectivity index (χ0n) is 9.19. The quantitative estimate of drug-likeness (QED) is 0.808. The van der Waals surface area contributed by atoms with E-state index < -0.39 is 0 Å². The Morgan fingerprint density at radius 1 is 1.60 bits per heavy atom. The fraction of sp³-hybridized carbons (Fsp3) is 0.667. The molecule has 1 aromatic rings. The number of hydrogen-bond acceptors (Lipinski definition) is 3. The predicted octanol–water partition coefficient (Wildman–Crippen LogP) is 2.95. The molecule has 2 nitrogen and oxygen atoms in total. The second kappa shape index (κ2) is 5.10. The van der Waals surface area contributed by atoms with Crippen molar-refractivity contribution in [3.63, 3.8) is 0 Å². The number of thiophene rings is 1. The van der Waals surface area contributed by atoms with Crippen molar-refractivity contribution in [2.24, 2.45) is 11.7 Å². The molecule has 1 aliphatic carbocycles. The van der Waals surface area contributed by atoms with E-state index in [0.29, 0.717) is 0 Å². The zero-order valence-corrected chi connectivity index (χ0v) is 10.0. The Balaban J connectivity index is 1.95. The lowest BCUT2D eigenvalue weighted by atomic mass is 10.1. The lowest BCUT2D eigenvalue weighted by molar-refractivity contribution is 0.0291. The van der Waals surface area contributed by atoms with Crippen LogP contribution >= 0.6 is 11.3 Å². The summed E-state index contributed by atoms with van der Waals surface area (Å²) in [5.74, 6) is 0.802. The maximum absolute atomic E-state index is 6.10. The van der Waals surface area contributed by atoms with Gasteiger partial charge in [0.15, 0.2) is 0 Å². The van der Waals surface area contributed by atoms with Crippen LogP contribution in [0.5, 0.6) is 0 Å². The normalized spacial score (nSPS) is 20.1. The van der Waals surface area contributed by atoms with E-state index in [1.54, 1.807) is 11.3 Å². The van der Waals surface area contributed by atoms with Crippen LogP contribution in [0.4, 0.5) is 0 Å². The van der Waals surface area contributed by atoms with Crippen molar-refractivity contribution in [1.29, 1.82) is 0 Å². The van der Waals surface area contributed by atoms with Crippen molar-refractivity contribution in [2.45, 2.75) is 38.3 Å². The van der Waals surface area contributed by atoms with Crippen molar-refractivity contribution >= 4 is 11.3 Å². The second-order valence-corrected chi connectivity index (χ2v) is 5.26. The summed E-state index contributed by atoms with van der Waals surface area (Å²) in [6.45, 7) is 3.00. The minimum Gasteiger partial charge on any atom is -0.371 e. The van der Waals surface area contributed by atoms with Gasteiger partial charge in [0.25, 0.3) is 0 Å². The van der Waals surface area contributed by atoms with Crippen LogP contribution < -0.4 is 5.73 Å². The molecule has 0 radical (unpaired) electrons. The SMILES string of the molecule is CCC(N)C(OCC1CC1)c1cccs1. The summed E-state index contributed by atoms with van der Waals surface area (Å²) in [5.41, 5.74) is 6.10. The summed E-state index contributed by atoms with van der Waals surface area (Å²) >= 11 is 1.74. The van der Waals surface area contributed by atoms with E-state index in [1.165, 1.54) is 17.7 Å². The molecule has 2 unspecified atom stereocenters. The molecule has 0 aromatic carbocycles. The maximum Gasteiger partial charge on any atom is 0.107 e. The van der Waals surface area contributed by atoms with Crippen LogP contribution in [0.3, 0.4) is 0 Å². The number of rotatable bonds is 6. The van der Waals surface area contributed by atoms with Gasteiger partial charge in [0, 0.05) is 10.9 Å². The third-order valence-electron chi connectivity index (χ3n) is 2.89. The molecule has 1 heterocycles. The number of nitrogens with two attached hydrogens (primary N) is 1. The first-order valence-corrected chi connectivity index (χ1v) is 6.59. The lowest BCUT2D eigenvalue weighted by Crippen LogP contribution is -2.29. The van der Waals surface area contributed by atoms with Gasteiger partial charge in [0.1, 0.15) is 6.10 Å². The molecule has 84 valence electrons. The average molecular weight is 225 g/mol. The van der Waals surface area contributed by atoms with Gasteiger partial charge in [0.05, 0.1) is 6.61 Å². The number of hydrogen-bond donors (Lipinski definition) is 1. The molecule has 0 saturated heterocycles. The Morgan fingerprint density at radius 3 is 2.93 bits per heavy atom. The van der Waals surface area contributed by atoms with Gasteiger partial charge in [-0.3, -0.25) is 0 Å². The van der Waals surface area contributed by atoms with Gasteiger partial charge in [-0.25, -0.2) is 0 Å². The van der Waals surface area contributed by atoms with Gasteiger partial charge < -0.3 is 10.5 Å². The molecule has 3 heteroatoms. The Bertz CT molecular complexity index is 282. The third kappa shape index (κ3) is 3.03. The molecular weight excluding hydrogens is 206 g/mol. The summed E-state index contributed by atoms with van der Waals surface area (Å²) < 4.78 is 5.95. The van der Waals surface area contributed by atoms with E-state index in [2.05, 4.69) is 24.4 Å². The lowest BCUT2D eigenvalue weighted by Gasteiger charge is -2.22. The van der Waals surface area contributed by atoms with Crippen LogP contribution in [0.15, 0.2) is 17.5 Å². The molecule has 0 spiro atoms. The topological polar surface area (TPSA) is 35.2 Å². The fourth-order valence-corrected chi connectivity index (χ4v) is 2.46. The van der Waals surface area contributed by atoms with E-state index >= 15 is 0 Å². The molecule has 2 rings (SSSR count). The maximum atomic E-state index is 6.10. The molecule has 0 amide bonds. The molecule has 2 atom stereocenters. The van der Waals surface area contributed by atoms with Crippen LogP contribution in [0, 0.1) is 5.92 Å². The summed E-state index contributed by atoms with van der Waals surface area (Å²) in [4.78, 5) is 1.27. The van der Waals surface area contributed by atoms with Crippen LogP contribution in [0.1, 0.15) is 37.2 Å². The monoisotopic (exact) mass is 225 g/mol. The summed E-state index contributed by atoms with van der Waals surface area (Å²) in [7, 11) is 0. The first kappa shape index (κ1) is 11.1. The molecule has 1 saturated carbocycles. The van der Waals surface area contributed by atoms with Crippen LogP contribution in [-0.2, 0) is 4.74 Å². The average Bonchev–Trinajstić information content (AvgIpc) is 2.92. The van der Waals surface area contributed by atoms with E-state index in [0.717, 1.165) is 18.9 Å². The Morgan fingerprint density at radius 2 is 2.40 bits per heavy atom. The highest BCUT2D eigenvalue weighted by Gasteiger charge is 2.26. The summed E-state index contributed by atoms with van der Waals surface area (Å²) in [6.07, 6.45) is 3.74. The van der Waals surface area contributed by atoms with Crippen molar-refractivity contribution < 1.29 is 4.74 Å². The first-order valence-electron chi connectivity index (χ1n) is 5.71. The molecule has 1 aromatic heterocycles. The number of ether oxygens (including phenoxy) is 1. The largest absolute Gasteiger partial charge is 0.371 e. The van der Waals surface area contributed by atoms with Crippen molar-refractivity contribution in [2.75, 3.05) is 6.61 Å². The molecule has 15 heavy (non-hydrogen) atoms. The third-order valence-corrected chi connectivity index (χ3v) is 3.83. The highest BCUT2D eigenvalue weighted by molar-refractivity contribution is 7.10. The minimum absolute atomic E-state index is 0.107. The Hall–Kier alpha value is -0.380. The smallest absolute Gasteiger partial charge is 0.107 e. The fourth-order valence-electron chi connectivity index (χ4n) is 1.61. The molecule has 1 aliphatic rings. The standard InChI is InChI=1S/C12H19NOS/c1-2-10(13)12(11-4-3-7-15-11)14-8-9-5-6-9/h3-4,7,9-10,12H,2,5-6,8,13H2,1H3. The summed E-state index contributed by atoms with van der Waals surface area (Å²) in [6, 6.07) is 4.32. The van der Waals surface area contributed by atoms with E-state index in [1.807, 2.05) is 0 Å². The Labute approximate surface area is 95.4 Å². The molecule has 0 aliphatic heterocycles. The van der Waals surface area contributed by atoms with Crippen molar-refractivity contribution in [3.8, 4) is 0 Å². The van der Waals surface area contributed by atoms with E-state index in [4.69, 9.17) is 10.5 Å². The molecule has 1 fully saturated rings. The van der Waals surface area contributed by atoms with Gasteiger partial charge in [0.2, 0.25) is 0 Å². The molecule has 2 N–H and O–H groups in total. The first-order chi connectivity index (χ1) is 7.31. The summed E-state index contributed by atoms with van der Waals surface area (Å²) in [5, 5.41) is 2.09. The van der Waals surface area contributed by atoms with Gasteiger partial charge in [-0.2, -0.15) is 0 Å². The van der Waals surface area contributed by atoms with Gasteiger partial charge in [-0.15, -0.1) is 11.3 Å². The van der Waals surface area contributed by atoms with Crippen LogP contribution in [-0.4, -0.2) is 12.6 Å². The Kier molecular flexibility index (Phi) is 3.78. The van der Waals surface area contributed by atoms with Gasteiger partial charge in [-0.1, -0.05) is 13.0 Å². The van der Waals surface area contributed by atoms with Crippen LogP contribution in [0.25, 0.3) is 0 Å². The predicted molar refractivity (Wildman–Crippen MR) is 64.0 cm³/mol. The molecular formula is C12H19NOS. The van der Waals surface area contributed by atoms with Crippen molar-refractivity contribution in [1.82, 2.24) is 0 Å². The van der Waals surface area contributed by atoms with Gasteiger partial charge >= 0.3 is 0 Å². The highest BCUT2D eigenvalue weighted by Crippen LogP contribution is 2.33.